The Morgan fingerprint density at radius 3 is 2.19 bits per heavy atom. The molecule has 2 aromatic carbocycles. The van der Waals surface area contributed by atoms with E-state index in [1.165, 1.54) is 21.5 Å². The van der Waals surface area contributed by atoms with Crippen molar-refractivity contribution in [3.8, 4) is 34.6 Å². The number of imidazole rings is 1. The fourth-order valence-electron chi connectivity index (χ4n) is 5.36. The van der Waals surface area contributed by atoms with E-state index < -0.39 is 77.0 Å². The number of nitriles is 1. The van der Waals surface area contributed by atoms with Crippen LogP contribution in [0, 0.1) is 34.6 Å². The quantitative estimate of drug-likeness (QED) is 0.0599. The van der Waals surface area contributed by atoms with Crippen molar-refractivity contribution in [2.75, 3.05) is 25.0 Å². The summed E-state index contributed by atoms with van der Waals surface area (Å²) in [5.74, 6) is -5.00. The Kier molecular flexibility index (Phi) is 12.0. The van der Waals surface area contributed by atoms with Gasteiger partial charge in [0.2, 0.25) is 5.88 Å². The van der Waals surface area contributed by atoms with E-state index in [0.717, 1.165) is 43.6 Å². The van der Waals surface area contributed by atoms with E-state index in [1.807, 2.05) is 4.72 Å². The highest BCUT2D eigenvalue weighted by Crippen LogP contribution is 2.39. The van der Waals surface area contributed by atoms with Crippen molar-refractivity contribution in [1.29, 1.82) is 5.26 Å². The fourth-order valence-corrected chi connectivity index (χ4v) is 8.07. The number of methoxy groups -OCH3 is 1. The molecular formula is C35H41F4N7O5SSi2. The van der Waals surface area contributed by atoms with Crippen LogP contribution in [-0.2, 0) is 33.0 Å². The lowest BCUT2D eigenvalue weighted by molar-refractivity contribution is 0.0812. The molecule has 54 heavy (non-hydrogen) atoms. The Hall–Kier alpha value is -4.62. The van der Waals surface area contributed by atoms with Gasteiger partial charge in [-0.05, 0) is 30.3 Å². The summed E-state index contributed by atoms with van der Waals surface area (Å²) in [7, 11) is -6.55. The normalized spacial score (nSPS) is 12.3. The van der Waals surface area contributed by atoms with Gasteiger partial charge in [-0.25, -0.2) is 40.6 Å². The molecule has 12 nitrogen and oxygen atoms in total. The monoisotopic (exact) mass is 803 g/mol. The maximum absolute atomic E-state index is 16.9. The minimum atomic E-state index is -4.74. The van der Waals surface area contributed by atoms with E-state index in [4.69, 9.17) is 14.2 Å². The van der Waals surface area contributed by atoms with Gasteiger partial charge >= 0.3 is 0 Å². The zero-order valence-corrected chi connectivity index (χ0v) is 33.7. The number of nitrogens with zero attached hydrogens (tertiary/aromatic N) is 6. The second-order valence-electron chi connectivity index (χ2n) is 14.9. The smallest absolute Gasteiger partial charge is 0.267 e. The zero-order chi connectivity index (χ0) is 39.6. The number of hydrogen-bond acceptors (Lipinski definition) is 9. The molecule has 0 spiro atoms. The average Bonchev–Trinajstić information content (AvgIpc) is 3.67. The Bertz CT molecular complexity index is 2340. The Balaban J connectivity index is 1.61. The van der Waals surface area contributed by atoms with Crippen LogP contribution < -0.4 is 9.46 Å². The minimum absolute atomic E-state index is 0.0268. The summed E-state index contributed by atoms with van der Waals surface area (Å²) in [6.45, 7) is 13.7. The third-order valence-corrected chi connectivity index (χ3v) is 13.1. The molecule has 0 bridgehead atoms. The highest BCUT2D eigenvalue weighted by atomic mass is 32.2. The van der Waals surface area contributed by atoms with Crippen molar-refractivity contribution in [2.24, 2.45) is 0 Å². The van der Waals surface area contributed by atoms with E-state index in [1.54, 1.807) is 0 Å². The summed E-state index contributed by atoms with van der Waals surface area (Å²) < 4.78 is 110. The highest BCUT2D eigenvalue weighted by molar-refractivity contribution is 7.92. The molecule has 0 atom stereocenters. The van der Waals surface area contributed by atoms with Crippen molar-refractivity contribution < 1.29 is 40.2 Å². The lowest BCUT2D eigenvalue weighted by atomic mass is 10.0. The van der Waals surface area contributed by atoms with Gasteiger partial charge in [0.1, 0.15) is 48.1 Å². The minimum Gasteiger partial charge on any atom is -0.480 e. The van der Waals surface area contributed by atoms with Gasteiger partial charge in [0.05, 0.1) is 30.8 Å². The number of aromatic nitrogens is 5. The van der Waals surface area contributed by atoms with Crippen LogP contribution in [0.25, 0.3) is 33.5 Å². The lowest BCUT2D eigenvalue weighted by Crippen LogP contribution is -2.22. The largest absolute Gasteiger partial charge is 0.480 e. The molecule has 288 valence electrons. The zero-order valence-electron chi connectivity index (χ0n) is 30.9. The maximum Gasteiger partial charge on any atom is 0.267 e. The van der Waals surface area contributed by atoms with Gasteiger partial charge in [0.15, 0.2) is 22.4 Å². The summed E-state index contributed by atoms with van der Waals surface area (Å²) in [5.41, 5.74) is -2.00. The van der Waals surface area contributed by atoms with E-state index in [0.29, 0.717) is 19.3 Å². The van der Waals surface area contributed by atoms with E-state index in [-0.39, 0.29) is 41.6 Å². The molecule has 3 aromatic heterocycles. The van der Waals surface area contributed by atoms with Crippen molar-refractivity contribution in [2.45, 2.75) is 69.7 Å². The van der Waals surface area contributed by atoms with Gasteiger partial charge in [0, 0.05) is 46.4 Å². The topological polar surface area (TPSA) is 146 Å². The molecule has 0 radical (unpaired) electrons. The molecule has 3 heterocycles. The van der Waals surface area contributed by atoms with Crippen LogP contribution in [0.3, 0.4) is 0 Å². The van der Waals surface area contributed by atoms with Crippen LogP contribution in [0.4, 0.5) is 23.2 Å². The first-order valence-electron chi connectivity index (χ1n) is 16.9. The molecule has 0 unspecified atom stereocenters. The predicted octanol–water partition coefficient (Wildman–Crippen LogP) is 7.82. The summed E-state index contributed by atoms with van der Waals surface area (Å²) in [6.07, 6.45) is 2.09. The van der Waals surface area contributed by atoms with Crippen molar-refractivity contribution in [3.05, 3.63) is 71.7 Å². The number of benzene rings is 2. The first kappa shape index (κ1) is 40.6. The van der Waals surface area contributed by atoms with Gasteiger partial charge < -0.3 is 14.2 Å². The number of pyridine rings is 1. The van der Waals surface area contributed by atoms with Crippen molar-refractivity contribution >= 4 is 42.8 Å². The van der Waals surface area contributed by atoms with Crippen LogP contribution >= 0.6 is 0 Å². The van der Waals surface area contributed by atoms with E-state index in [9.17, 15) is 18.1 Å². The maximum atomic E-state index is 16.9. The SMILES string of the molecule is COc1ncc(F)cc1S(=O)(=O)Nc1ccc(F)c(-c2ccc3c(-c4ncc(C#N)n4COCC[Si](C)(C)C)nn(COCC[Si](C)(C)C)c3c2F)c1F. The molecule has 0 saturated heterocycles. The summed E-state index contributed by atoms with van der Waals surface area (Å²) in [4.78, 5) is 7.27. The van der Waals surface area contributed by atoms with Crippen molar-refractivity contribution in [3.63, 3.8) is 0 Å². The first-order chi connectivity index (χ1) is 25.3. The van der Waals surface area contributed by atoms with Crippen LogP contribution in [0.1, 0.15) is 5.69 Å². The van der Waals surface area contributed by atoms with E-state index in [2.05, 4.69) is 60.4 Å². The summed E-state index contributed by atoms with van der Waals surface area (Å²) in [5, 5.41) is 14.7. The Morgan fingerprint density at radius 1 is 0.889 bits per heavy atom. The molecule has 0 aliphatic heterocycles. The van der Waals surface area contributed by atoms with Crippen LogP contribution in [0.15, 0.2) is 47.6 Å². The van der Waals surface area contributed by atoms with Crippen LogP contribution in [0.5, 0.6) is 5.88 Å². The third-order valence-electron chi connectivity index (χ3n) is 8.33. The molecule has 0 fully saturated rings. The van der Waals surface area contributed by atoms with Gasteiger partial charge in [-0.2, -0.15) is 10.4 Å². The number of rotatable bonds is 16. The molecule has 5 rings (SSSR count). The second-order valence-corrected chi connectivity index (χ2v) is 27.8. The van der Waals surface area contributed by atoms with Gasteiger partial charge in [-0.3, -0.25) is 9.29 Å². The number of sulfonamides is 1. The first-order valence-corrected chi connectivity index (χ1v) is 25.8. The Labute approximate surface area is 312 Å². The molecule has 5 aromatic rings. The van der Waals surface area contributed by atoms with Crippen LogP contribution in [-0.4, -0.2) is 69.2 Å². The number of hydrogen-bond donors (Lipinski definition) is 1. The predicted molar refractivity (Wildman–Crippen MR) is 201 cm³/mol. The summed E-state index contributed by atoms with van der Waals surface area (Å²) >= 11 is 0. The number of ether oxygens (including phenoxy) is 3. The molecule has 0 amide bonds. The number of nitrogens with one attached hydrogen (secondary N) is 1. The lowest BCUT2D eigenvalue weighted by Gasteiger charge is -2.16. The van der Waals surface area contributed by atoms with E-state index >= 15 is 13.2 Å². The second kappa shape index (κ2) is 16.0. The molecular weight excluding hydrogens is 763 g/mol. The highest BCUT2D eigenvalue weighted by Gasteiger charge is 2.29. The number of fused-ring (bicyclic) bond motifs is 1. The summed E-state index contributed by atoms with van der Waals surface area (Å²) in [6, 6.07) is 8.52. The molecule has 0 aliphatic carbocycles. The van der Waals surface area contributed by atoms with Gasteiger partial charge in [-0.1, -0.05) is 45.3 Å². The average molecular weight is 804 g/mol. The van der Waals surface area contributed by atoms with Crippen molar-refractivity contribution in [1.82, 2.24) is 24.3 Å². The molecule has 1 N–H and O–H groups in total. The Morgan fingerprint density at radius 2 is 1.56 bits per heavy atom. The van der Waals surface area contributed by atoms with Gasteiger partial charge in [0.25, 0.3) is 10.0 Å². The molecule has 0 saturated carbocycles. The van der Waals surface area contributed by atoms with Crippen LogP contribution in [0.2, 0.25) is 51.4 Å². The standard InChI is InChI=1S/C35H41F4N7O5SSi2/c1-49-35-28(16-22(36)18-42-35)52(47,48)44-27-11-10-26(37)29(31(27)39)24-8-9-25-32(43-46(33(25)30(24)38)21-51-13-15-54(5,6)7)34-41-19-23(17-40)45(34)20-50-12-14-53(2,3)4/h8-11,16,18-19,44H,12-15,20-21H2,1-7H3. The fraction of sp³-hybridized carbons (Fsp3) is 0.371. The molecule has 19 heteroatoms. The number of anilines is 1. The van der Waals surface area contributed by atoms with Gasteiger partial charge in [-0.15, -0.1) is 0 Å². The molecule has 0 aliphatic rings. The third kappa shape index (κ3) is 9.01. The number of halogens is 4.